The molecule has 2 aromatic carbocycles. The quantitative estimate of drug-likeness (QED) is 0.537. The van der Waals surface area contributed by atoms with E-state index < -0.39 is 20.4 Å². The number of halogens is 2. The minimum atomic E-state index is -1.73. The van der Waals surface area contributed by atoms with E-state index in [1.54, 1.807) is 11.1 Å². The first kappa shape index (κ1) is 21.9. The molecule has 2 aliphatic carbocycles. The molecule has 0 unspecified atom stereocenters. The van der Waals surface area contributed by atoms with Gasteiger partial charge in [0.25, 0.3) is 0 Å². The predicted molar refractivity (Wildman–Crippen MR) is 103 cm³/mol. The first-order valence-electron chi connectivity index (χ1n) is 8.81. The average Bonchev–Trinajstić information content (AvgIpc) is 3.15. The normalized spacial score (nSPS) is 13.7. The van der Waals surface area contributed by atoms with Crippen LogP contribution in [0.5, 0.6) is 0 Å². The van der Waals surface area contributed by atoms with Crippen LogP contribution in [0.15, 0.2) is 57.9 Å². The Kier molecular flexibility index (Phi) is 7.36. The fraction of sp³-hybridized carbons (Fsp3) is 0.273. The second-order valence-corrected chi connectivity index (χ2v) is 24.9. The molecule has 26 heavy (non-hydrogen) atoms. The van der Waals surface area contributed by atoms with Crippen LogP contribution in [0.2, 0.25) is 13.1 Å². The van der Waals surface area contributed by atoms with Crippen LogP contribution in [0.4, 0.5) is 0 Å². The molecule has 0 N–H and O–H groups in total. The fourth-order valence-corrected chi connectivity index (χ4v) is 22.5. The van der Waals surface area contributed by atoms with Crippen molar-refractivity contribution in [3.05, 3.63) is 80.2 Å². The molecule has 134 valence electrons. The molecule has 0 amide bonds. The van der Waals surface area contributed by atoms with Crippen molar-refractivity contribution in [3.8, 4) is 11.1 Å². The van der Waals surface area contributed by atoms with E-state index in [0.29, 0.717) is 0 Å². The van der Waals surface area contributed by atoms with Crippen molar-refractivity contribution in [2.45, 2.75) is 37.0 Å². The Labute approximate surface area is 177 Å². The summed E-state index contributed by atoms with van der Waals surface area (Å²) in [5, 5.41) is 0. The van der Waals surface area contributed by atoms with Crippen LogP contribution in [0.25, 0.3) is 11.1 Å². The van der Waals surface area contributed by atoms with Crippen LogP contribution in [-0.4, -0.2) is 5.43 Å². The summed E-state index contributed by atoms with van der Waals surface area (Å²) in [7, 11) is 0. The molecule has 2 aromatic rings. The molecule has 0 nitrogen and oxygen atoms in total. The largest absolute Gasteiger partial charge is 1.00 e. The molecular formula is C22H24Cl2SiZr. The van der Waals surface area contributed by atoms with Gasteiger partial charge in [-0.3, -0.25) is 0 Å². The van der Waals surface area contributed by atoms with Crippen LogP contribution >= 0.6 is 0 Å². The molecule has 0 radical (unpaired) electrons. The first-order valence-corrected chi connectivity index (χ1v) is 17.6. The minimum absolute atomic E-state index is 0. The van der Waals surface area contributed by atoms with Gasteiger partial charge < -0.3 is 24.8 Å². The first-order chi connectivity index (χ1) is 11.6. The third-order valence-electron chi connectivity index (χ3n) is 5.27. The number of fused-ring (bicyclic) bond motifs is 3. The van der Waals surface area contributed by atoms with E-state index in [1.165, 1.54) is 28.7 Å². The minimum Gasteiger partial charge on any atom is -1.00 e. The molecule has 0 heterocycles. The fourth-order valence-electron chi connectivity index (χ4n) is 4.25. The molecule has 0 aliphatic heterocycles. The van der Waals surface area contributed by atoms with Gasteiger partial charge in [0, 0.05) is 0 Å². The van der Waals surface area contributed by atoms with E-state index in [1.807, 2.05) is 3.28 Å². The summed E-state index contributed by atoms with van der Waals surface area (Å²) in [6.45, 7) is 9.63. The second-order valence-electron chi connectivity index (χ2n) is 7.35. The van der Waals surface area contributed by atoms with Crippen molar-refractivity contribution in [2.75, 3.05) is 0 Å². The number of benzene rings is 2. The Bertz CT molecular complexity index is 886. The maximum atomic E-state index is 2.57. The Hall–Kier alpha value is -0.400. The molecule has 4 rings (SSSR count). The van der Waals surface area contributed by atoms with Gasteiger partial charge in [-0.1, -0.05) is 0 Å². The summed E-state index contributed by atoms with van der Waals surface area (Å²) in [4.78, 5) is 0. The summed E-state index contributed by atoms with van der Waals surface area (Å²) in [6, 6.07) is 14.3. The molecule has 0 spiro atoms. The summed E-state index contributed by atoms with van der Waals surface area (Å²) in [5.74, 6) is 0. The third kappa shape index (κ3) is 3.76. The SMILES string of the molecule is Cc1ccc2c(c1)[CH]([Zr+2]([C]1=CC=CC1)=[Si](C)C)c1cc(C)ccc1-2.[Cl-].[Cl-]. The van der Waals surface area contributed by atoms with Gasteiger partial charge in [-0.25, -0.2) is 0 Å². The van der Waals surface area contributed by atoms with Crippen LogP contribution in [0.1, 0.15) is 32.3 Å². The van der Waals surface area contributed by atoms with Gasteiger partial charge in [-0.15, -0.1) is 0 Å². The maximum Gasteiger partial charge on any atom is -1.00 e. The van der Waals surface area contributed by atoms with E-state index >= 15 is 0 Å². The van der Waals surface area contributed by atoms with Gasteiger partial charge in [0.05, 0.1) is 0 Å². The van der Waals surface area contributed by atoms with E-state index in [2.05, 4.69) is 81.6 Å². The molecule has 0 saturated carbocycles. The zero-order valence-corrected chi connectivity index (χ0v) is 20.7. The van der Waals surface area contributed by atoms with Gasteiger partial charge in [0.2, 0.25) is 0 Å². The third-order valence-corrected chi connectivity index (χ3v) is 23.5. The molecule has 0 saturated heterocycles. The monoisotopic (exact) mass is 476 g/mol. The Morgan fingerprint density at radius 2 is 1.42 bits per heavy atom. The topological polar surface area (TPSA) is 0 Å². The average molecular weight is 479 g/mol. The smallest absolute Gasteiger partial charge is 1.00 e. The van der Waals surface area contributed by atoms with Crippen molar-refractivity contribution in [1.82, 2.24) is 0 Å². The van der Waals surface area contributed by atoms with Crippen LogP contribution in [0.3, 0.4) is 0 Å². The van der Waals surface area contributed by atoms with Gasteiger partial charge in [-0.05, 0) is 0 Å². The molecule has 0 aromatic heterocycles. The molecule has 2 aliphatic rings. The second kappa shape index (κ2) is 8.74. The summed E-state index contributed by atoms with van der Waals surface area (Å²) < 4.78 is 2.57. The molecule has 0 atom stereocenters. The Morgan fingerprint density at radius 3 is 1.85 bits per heavy atom. The van der Waals surface area contributed by atoms with Gasteiger partial charge in [-0.2, -0.15) is 0 Å². The Morgan fingerprint density at radius 1 is 0.885 bits per heavy atom. The predicted octanol–water partition coefficient (Wildman–Crippen LogP) is 0.0943. The Balaban J connectivity index is 0.00000121. The van der Waals surface area contributed by atoms with Crippen LogP contribution in [0, 0.1) is 13.8 Å². The van der Waals surface area contributed by atoms with Gasteiger partial charge >= 0.3 is 154 Å². The number of allylic oxidation sites excluding steroid dienone is 4. The van der Waals surface area contributed by atoms with Crippen LogP contribution in [-0.2, 0) is 20.4 Å². The molecule has 0 fully saturated rings. The molecule has 4 heteroatoms. The van der Waals surface area contributed by atoms with Crippen LogP contribution < -0.4 is 24.8 Å². The van der Waals surface area contributed by atoms with E-state index in [9.17, 15) is 0 Å². The van der Waals surface area contributed by atoms with Crippen molar-refractivity contribution in [1.29, 1.82) is 0 Å². The van der Waals surface area contributed by atoms with E-state index in [4.69, 9.17) is 0 Å². The van der Waals surface area contributed by atoms with Gasteiger partial charge in [0.15, 0.2) is 0 Å². The standard InChI is InChI=1S/C15H13.C5H5.C2H6Si.2ClH.Zr/c1-10-3-5-14-12(7-10)9-13-8-11(2)4-6-15(13)14;1-2-4-5-3-1;1-3-2;;;/h3-9H,1-2H3;1-3H,4H2;1-2H3;2*1H;/q;;;;;+2/p-2. The van der Waals surface area contributed by atoms with E-state index in [0.717, 1.165) is 3.63 Å². The van der Waals surface area contributed by atoms with Gasteiger partial charge in [0.1, 0.15) is 0 Å². The number of aryl methyl sites for hydroxylation is 2. The van der Waals surface area contributed by atoms with Crippen molar-refractivity contribution in [3.63, 3.8) is 0 Å². The number of hydrogen-bond donors (Lipinski definition) is 0. The number of hydrogen-bond acceptors (Lipinski definition) is 0. The van der Waals surface area contributed by atoms with Crippen molar-refractivity contribution >= 4 is 5.43 Å². The summed E-state index contributed by atoms with van der Waals surface area (Å²) in [5.41, 5.74) is 8.86. The molecular weight excluding hydrogens is 454 g/mol. The zero-order chi connectivity index (χ0) is 16.8. The van der Waals surface area contributed by atoms with Crippen molar-refractivity contribution < 1.29 is 45.2 Å². The maximum absolute atomic E-state index is 2.57. The summed E-state index contributed by atoms with van der Waals surface area (Å²) >= 11 is -1.73. The zero-order valence-electron chi connectivity index (χ0n) is 15.7. The molecule has 0 bridgehead atoms. The number of rotatable bonds is 2. The summed E-state index contributed by atoms with van der Waals surface area (Å²) in [6.07, 6.45) is 8.35. The van der Waals surface area contributed by atoms with Crippen molar-refractivity contribution in [2.24, 2.45) is 0 Å². The van der Waals surface area contributed by atoms with E-state index in [-0.39, 0.29) is 30.2 Å².